The van der Waals surface area contributed by atoms with Gasteiger partial charge < -0.3 is 4.90 Å². The SMILES string of the molecule is CCN1CN(c2ccccc2)C(c2ccccc2)C1C. The monoisotopic (exact) mass is 266 g/mol. The summed E-state index contributed by atoms with van der Waals surface area (Å²) in [5.41, 5.74) is 2.71. The van der Waals surface area contributed by atoms with Gasteiger partial charge in [-0.2, -0.15) is 0 Å². The Hall–Kier alpha value is -1.80. The van der Waals surface area contributed by atoms with E-state index in [0.29, 0.717) is 12.1 Å². The highest BCUT2D eigenvalue weighted by Gasteiger charge is 2.37. The van der Waals surface area contributed by atoms with Crippen molar-refractivity contribution >= 4 is 5.69 Å². The molecule has 20 heavy (non-hydrogen) atoms. The molecular weight excluding hydrogens is 244 g/mol. The number of anilines is 1. The van der Waals surface area contributed by atoms with E-state index >= 15 is 0 Å². The minimum absolute atomic E-state index is 0.429. The quantitative estimate of drug-likeness (QED) is 0.831. The summed E-state index contributed by atoms with van der Waals surface area (Å²) in [5.74, 6) is 0. The summed E-state index contributed by atoms with van der Waals surface area (Å²) in [4.78, 5) is 5.05. The minimum atomic E-state index is 0.429. The average Bonchev–Trinajstić information content (AvgIpc) is 2.86. The van der Waals surface area contributed by atoms with Gasteiger partial charge in [-0.3, -0.25) is 4.90 Å². The molecule has 2 aromatic carbocycles. The van der Waals surface area contributed by atoms with Gasteiger partial charge in [-0.25, -0.2) is 0 Å². The fourth-order valence-corrected chi connectivity index (χ4v) is 3.23. The Morgan fingerprint density at radius 2 is 1.55 bits per heavy atom. The Bertz CT molecular complexity index is 538. The summed E-state index contributed by atoms with van der Waals surface area (Å²) in [7, 11) is 0. The second-order valence-corrected chi connectivity index (χ2v) is 5.45. The Balaban J connectivity index is 1.99. The molecule has 2 heteroatoms. The van der Waals surface area contributed by atoms with Crippen LogP contribution in [0, 0.1) is 0 Å². The molecule has 0 aromatic heterocycles. The molecule has 1 heterocycles. The highest BCUT2D eigenvalue weighted by molar-refractivity contribution is 5.50. The van der Waals surface area contributed by atoms with Crippen LogP contribution >= 0.6 is 0 Å². The van der Waals surface area contributed by atoms with Crippen molar-refractivity contribution in [2.75, 3.05) is 18.1 Å². The lowest BCUT2D eigenvalue weighted by molar-refractivity contribution is 0.274. The number of hydrogen-bond donors (Lipinski definition) is 0. The normalized spacial score (nSPS) is 23.2. The number of nitrogens with zero attached hydrogens (tertiary/aromatic N) is 2. The molecular formula is C18H22N2. The molecule has 1 aliphatic rings. The Kier molecular flexibility index (Phi) is 3.75. The van der Waals surface area contributed by atoms with E-state index in [4.69, 9.17) is 0 Å². The van der Waals surface area contributed by atoms with Gasteiger partial charge in [-0.1, -0.05) is 55.5 Å². The predicted octanol–water partition coefficient (Wildman–Crippen LogP) is 3.92. The van der Waals surface area contributed by atoms with E-state index in [1.54, 1.807) is 0 Å². The van der Waals surface area contributed by atoms with Crippen molar-refractivity contribution in [1.29, 1.82) is 0 Å². The molecule has 0 aliphatic carbocycles. The molecule has 2 unspecified atom stereocenters. The van der Waals surface area contributed by atoms with Crippen LogP contribution in [-0.2, 0) is 0 Å². The van der Waals surface area contributed by atoms with Crippen LogP contribution in [0.2, 0.25) is 0 Å². The molecule has 0 bridgehead atoms. The van der Waals surface area contributed by atoms with Crippen molar-refractivity contribution in [3.63, 3.8) is 0 Å². The van der Waals surface area contributed by atoms with Crippen molar-refractivity contribution in [2.45, 2.75) is 25.9 Å². The minimum Gasteiger partial charge on any atom is -0.350 e. The highest BCUT2D eigenvalue weighted by atomic mass is 15.4. The fraction of sp³-hybridized carbons (Fsp3) is 0.333. The molecule has 104 valence electrons. The van der Waals surface area contributed by atoms with Gasteiger partial charge in [-0.05, 0) is 31.2 Å². The van der Waals surface area contributed by atoms with Crippen LogP contribution in [0.15, 0.2) is 60.7 Å². The maximum absolute atomic E-state index is 2.53. The second kappa shape index (κ2) is 5.68. The zero-order valence-electron chi connectivity index (χ0n) is 12.2. The number of para-hydroxylation sites is 1. The van der Waals surface area contributed by atoms with E-state index in [0.717, 1.165) is 13.2 Å². The summed E-state index contributed by atoms with van der Waals surface area (Å²) in [6.45, 7) is 6.67. The molecule has 0 N–H and O–H groups in total. The third-order valence-corrected chi connectivity index (χ3v) is 4.34. The van der Waals surface area contributed by atoms with Crippen LogP contribution in [0.5, 0.6) is 0 Å². The molecule has 2 atom stereocenters. The van der Waals surface area contributed by atoms with E-state index in [1.165, 1.54) is 11.3 Å². The van der Waals surface area contributed by atoms with Gasteiger partial charge in [-0.15, -0.1) is 0 Å². The summed E-state index contributed by atoms with van der Waals surface area (Å²) in [5, 5.41) is 0. The first-order valence-corrected chi connectivity index (χ1v) is 7.42. The molecule has 1 aliphatic heterocycles. The zero-order valence-corrected chi connectivity index (χ0v) is 12.2. The Morgan fingerprint density at radius 1 is 0.950 bits per heavy atom. The summed E-state index contributed by atoms with van der Waals surface area (Å²) in [6.07, 6.45) is 0. The summed E-state index contributed by atoms with van der Waals surface area (Å²) in [6, 6.07) is 22.6. The van der Waals surface area contributed by atoms with E-state index < -0.39 is 0 Å². The molecule has 0 amide bonds. The highest BCUT2D eigenvalue weighted by Crippen LogP contribution is 2.37. The van der Waals surface area contributed by atoms with Crippen LogP contribution < -0.4 is 4.90 Å². The van der Waals surface area contributed by atoms with Crippen LogP contribution in [0.3, 0.4) is 0 Å². The largest absolute Gasteiger partial charge is 0.350 e. The van der Waals surface area contributed by atoms with Crippen LogP contribution in [0.4, 0.5) is 5.69 Å². The molecule has 1 fully saturated rings. The molecule has 0 spiro atoms. The summed E-state index contributed by atoms with van der Waals surface area (Å²) >= 11 is 0. The van der Waals surface area contributed by atoms with E-state index in [1.807, 2.05) is 0 Å². The maximum atomic E-state index is 2.53. The van der Waals surface area contributed by atoms with Gasteiger partial charge in [0.1, 0.15) is 0 Å². The smallest absolute Gasteiger partial charge is 0.0717 e. The Labute approximate surface area is 121 Å². The van der Waals surface area contributed by atoms with Crippen molar-refractivity contribution in [3.05, 3.63) is 66.2 Å². The summed E-state index contributed by atoms with van der Waals surface area (Å²) < 4.78 is 0. The van der Waals surface area contributed by atoms with E-state index in [9.17, 15) is 0 Å². The first kappa shape index (κ1) is 13.2. The van der Waals surface area contributed by atoms with Crippen molar-refractivity contribution in [3.8, 4) is 0 Å². The molecule has 2 aromatic rings. The van der Waals surface area contributed by atoms with Crippen molar-refractivity contribution in [1.82, 2.24) is 4.90 Å². The third-order valence-electron chi connectivity index (χ3n) is 4.34. The standard InChI is InChI=1S/C18H22N2/c1-3-19-14-20(17-12-8-5-9-13-17)18(15(19)2)16-10-6-4-7-11-16/h4-13,15,18H,3,14H2,1-2H3. The molecule has 0 saturated carbocycles. The van der Waals surface area contributed by atoms with Gasteiger partial charge in [0, 0.05) is 11.7 Å². The van der Waals surface area contributed by atoms with Crippen molar-refractivity contribution in [2.24, 2.45) is 0 Å². The number of rotatable bonds is 3. The average molecular weight is 266 g/mol. The zero-order chi connectivity index (χ0) is 13.9. The molecule has 0 radical (unpaired) electrons. The molecule has 1 saturated heterocycles. The first-order chi connectivity index (χ1) is 9.81. The van der Waals surface area contributed by atoms with Gasteiger partial charge in [0.15, 0.2) is 0 Å². The maximum Gasteiger partial charge on any atom is 0.0717 e. The van der Waals surface area contributed by atoms with Gasteiger partial charge >= 0.3 is 0 Å². The third kappa shape index (κ3) is 2.32. The molecule has 2 nitrogen and oxygen atoms in total. The topological polar surface area (TPSA) is 6.48 Å². The molecule has 3 rings (SSSR count). The van der Waals surface area contributed by atoms with E-state index in [-0.39, 0.29) is 0 Å². The lowest BCUT2D eigenvalue weighted by atomic mass is 10.00. The fourth-order valence-electron chi connectivity index (χ4n) is 3.23. The van der Waals surface area contributed by atoms with Gasteiger partial charge in [0.05, 0.1) is 12.7 Å². The number of likely N-dealkylation sites (N-methyl/N-ethyl adjacent to an activating group) is 1. The lowest BCUT2D eigenvalue weighted by Crippen LogP contribution is -2.28. The predicted molar refractivity (Wildman–Crippen MR) is 84.8 cm³/mol. The van der Waals surface area contributed by atoms with Gasteiger partial charge in [0.25, 0.3) is 0 Å². The number of hydrogen-bond acceptors (Lipinski definition) is 2. The van der Waals surface area contributed by atoms with Crippen molar-refractivity contribution < 1.29 is 0 Å². The second-order valence-electron chi connectivity index (χ2n) is 5.45. The first-order valence-electron chi connectivity index (χ1n) is 7.42. The van der Waals surface area contributed by atoms with E-state index in [2.05, 4.69) is 84.3 Å². The van der Waals surface area contributed by atoms with Crippen LogP contribution in [0.25, 0.3) is 0 Å². The number of benzene rings is 2. The lowest BCUT2D eigenvalue weighted by Gasteiger charge is -2.28. The van der Waals surface area contributed by atoms with Crippen LogP contribution in [-0.4, -0.2) is 24.2 Å². The Morgan fingerprint density at radius 3 is 2.15 bits per heavy atom. The van der Waals surface area contributed by atoms with Crippen LogP contribution in [0.1, 0.15) is 25.5 Å². The van der Waals surface area contributed by atoms with Gasteiger partial charge in [0.2, 0.25) is 0 Å².